The molecule has 0 bridgehead atoms. The van der Waals surface area contributed by atoms with Crippen LogP contribution in [0.15, 0.2) is 0 Å². The highest BCUT2D eigenvalue weighted by molar-refractivity contribution is 5.57. The van der Waals surface area contributed by atoms with E-state index >= 15 is 0 Å². The van der Waals surface area contributed by atoms with Gasteiger partial charge in [0.15, 0.2) is 0 Å². The average molecular weight is 231 g/mol. The Morgan fingerprint density at radius 3 is 2.31 bits per heavy atom. The molecule has 16 heavy (non-hydrogen) atoms. The Bertz CT molecular complexity index is 252. The number of hydrogen-bond acceptors (Lipinski definition) is 4. The minimum Gasteiger partial charge on any atom is -0.414 e. The highest BCUT2D eigenvalue weighted by atomic mass is 16.6. The maximum absolute atomic E-state index is 11.8. The molecular weight excluding hydrogens is 208 g/mol. The number of piperidine rings is 1. The normalized spacial score (nSPS) is 31.2. The van der Waals surface area contributed by atoms with Crippen molar-refractivity contribution in [3.63, 3.8) is 0 Å². The van der Waals surface area contributed by atoms with Gasteiger partial charge in [0.1, 0.15) is 5.60 Å². The van der Waals surface area contributed by atoms with Crippen LogP contribution >= 0.6 is 0 Å². The Balaban J connectivity index is 2.45. The van der Waals surface area contributed by atoms with Gasteiger partial charge in [-0.25, -0.2) is 4.90 Å². The van der Waals surface area contributed by atoms with Crippen molar-refractivity contribution in [1.29, 1.82) is 0 Å². The Kier molecular flexibility index (Phi) is 3.93. The summed E-state index contributed by atoms with van der Waals surface area (Å²) >= 11 is 0. The Labute approximate surface area is 96.6 Å². The van der Waals surface area contributed by atoms with Crippen LogP contribution in [-0.2, 0) is 4.74 Å². The molecule has 1 fully saturated rings. The van der Waals surface area contributed by atoms with Gasteiger partial charge in [0, 0.05) is 18.4 Å². The Morgan fingerprint density at radius 2 is 1.94 bits per heavy atom. The second-order valence-electron chi connectivity index (χ2n) is 5.63. The van der Waals surface area contributed by atoms with E-state index in [1.165, 1.54) is 0 Å². The number of rotatable bonds is 1. The highest BCUT2D eigenvalue weighted by Gasteiger charge is 2.37. The summed E-state index contributed by atoms with van der Waals surface area (Å²) in [5.74, 6) is 0. The minimum atomic E-state index is -0.508. The molecule has 0 saturated carbocycles. The second-order valence-corrected chi connectivity index (χ2v) is 5.63. The number of ether oxygens (including phenoxy) is 1. The second kappa shape index (κ2) is 4.69. The summed E-state index contributed by atoms with van der Waals surface area (Å²) in [4.78, 5) is 12.5. The van der Waals surface area contributed by atoms with E-state index in [0.29, 0.717) is 25.9 Å². The van der Waals surface area contributed by atoms with E-state index < -0.39 is 11.1 Å². The molecular formula is C11H23N2O3+. The van der Waals surface area contributed by atoms with Gasteiger partial charge in [0.25, 0.3) is 0 Å². The smallest absolute Gasteiger partial charge is 0.414 e. The van der Waals surface area contributed by atoms with E-state index in [1.807, 2.05) is 20.8 Å². The number of nitrogens with two attached hydrogens (primary N) is 1. The predicted molar refractivity (Wildman–Crippen MR) is 60.2 cm³/mol. The zero-order valence-electron chi connectivity index (χ0n) is 10.4. The van der Waals surface area contributed by atoms with Gasteiger partial charge in [-0.15, -0.1) is 0 Å². The maximum atomic E-state index is 11.8. The number of aliphatic hydroxyl groups is 1. The SMILES string of the molecule is CC(C)(C)OC(=O)[NH+]1CCC(N)(CO)CC1. The Hall–Kier alpha value is -0.650. The number of quaternary nitrogens is 1. The largest absolute Gasteiger partial charge is 0.514 e. The molecule has 4 N–H and O–H groups in total. The maximum Gasteiger partial charge on any atom is 0.514 e. The molecule has 0 unspecified atom stereocenters. The lowest BCUT2D eigenvalue weighted by molar-refractivity contribution is -0.832. The van der Waals surface area contributed by atoms with Crippen molar-refractivity contribution in [1.82, 2.24) is 0 Å². The molecule has 0 aromatic rings. The number of carbonyl (C=O) groups excluding carboxylic acids is 1. The van der Waals surface area contributed by atoms with Crippen molar-refractivity contribution >= 4 is 6.09 Å². The molecule has 1 heterocycles. The molecule has 0 radical (unpaired) electrons. The summed E-state index contributed by atoms with van der Waals surface area (Å²) in [5, 5.41) is 9.11. The van der Waals surface area contributed by atoms with Crippen molar-refractivity contribution in [3.8, 4) is 0 Å². The fraction of sp³-hybridized carbons (Fsp3) is 0.909. The van der Waals surface area contributed by atoms with Gasteiger partial charge in [0.2, 0.25) is 0 Å². The van der Waals surface area contributed by atoms with Crippen LogP contribution < -0.4 is 10.6 Å². The van der Waals surface area contributed by atoms with E-state index in [0.717, 1.165) is 4.90 Å². The number of hydrogen-bond donors (Lipinski definition) is 3. The van der Waals surface area contributed by atoms with E-state index in [9.17, 15) is 4.79 Å². The number of likely N-dealkylation sites (tertiary alicyclic amines) is 1. The predicted octanol–water partition coefficient (Wildman–Crippen LogP) is -0.710. The lowest BCUT2D eigenvalue weighted by Crippen LogP contribution is -3.16. The van der Waals surface area contributed by atoms with Gasteiger partial charge in [-0.05, 0) is 20.8 Å². The third-order valence-electron chi connectivity index (χ3n) is 2.85. The molecule has 1 amide bonds. The fourth-order valence-corrected chi connectivity index (χ4v) is 1.76. The summed E-state index contributed by atoms with van der Waals surface area (Å²) in [5.41, 5.74) is 4.98. The first-order valence-corrected chi connectivity index (χ1v) is 5.74. The first kappa shape index (κ1) is 13.4. The van der Waals surface area contributed by atoms with Crippen LogP contribution in [0.1, 0.15) is 33.6 Å². The number of nitrogens with one attached hydrogen (secondary N) is 1. The molecule has 5 heteroatoms. The molecule has 1 aliphatic rings. The summed E-state index contributed by atoms with van der Waals surface area (Å²) in [6.07, 6.45) is 1.09. The molecule has 0 aromatic carbocycles. The van der Waals surface area contributed by atoms with Crippen LogP contribution in [0.4, 0.5) is 4.79 Å². The summed E-state index contributed by atoms with van der Waals surface area (Å²) < 4.78 is 5.30. The first-order chi connectivity index (χ1) is 7.26. The third kappa shape index (κ3) is 3.73. The highest BCUT2D eigenvalue weighted by Crippen LogP contribution is 2.12. The van der Waals surface area contributed by atoms with Crippen molar-refractivity contribution in [2.45, 2.75) is 44.8 Å². The van der Waals surface area contributed by atoms with E-state index in [2.05, 4.69) is 0 Å². The van der Waals surface area contributed by atoms with Crippen LogP contribution in [0.2, 0.25) is 0 Å². The molecule has 94 valence electrons. The third-order valence-corrected chi connectivity index (χ3v) is 2.85. The summed E-state index contributed by atoms with van der Waals surface area (Å²) in [7, 11) is 0. The van der Waals surface area contributed by atoms with Crippen molar-refractivity contribution in [3.05, 3.63) is 0 Å². The fourth-order valence-electron chi connectivity index (χ4n) is 1.76. The molecule has 0 atom stereocenters. The van der Waals surface area contributed by atoms with Gasteiger partial charge >= 0.3 is 6.09 Å². The monoisotopic (exact) mass is 231 g/mol. The zero-order valence-corrected chi connectivity index (χ0v) is 10.4. The summed E-state index contributed by atoms with van der Waals surface area (Å²) in [6, 6.07) is 0. The van der Waals surface area contributed by atoms with Crippen LogP contribution in [0.5, 0.6) is 0 Å². The number of amides is 1. The van der Waals surface area contributed by atoms with Gasteiger partial charge in [-0.3, -0.25) is 0 Å². The standard InChI is InChI=1S/C11H22N2O3/c1-10(2,3)16-9(15)13-6-4-11(12,8-14)5-7-13/h14H,4-8,12H2,1-3H3/p+1. The van der Waals surface area contributed by atoms with Gasteiger partial charge in [-0.2, -0.15) is 4.79 Å². The van der Waals surface area contributed by atoms with Crippen LogP contribution in [0.3, 0.4) is 0 Å². The number of aliphatic hydroxyl groups excluding tert-OH is 1. The Morgan fingerprint density at radius 1 is 1.44 bits per heavy atom. The van der Waals surface area contributed by atoms with Crippen molar-refractivity contribution in [2.24, 2.45) is 5.73 Å². The van der Waals surface area contributed by atoms with E-state index in [1.54, 1.807) is 0 Å². The molecule has 1 aliphatic heterocycles. The van der Waals surface area contributed by atoms with Crippen LogP contribution in [0, 0.1) is 0 Å². The quantitative estimate of drug-likeness (QED) is 0.557. The van der Waals surface area contributed by atoms with Crippen LogP contribution in [-0.4, -0.2) is 42.0 Å². The van der Waals surface area contributed by atoms with Gasteiger partial charge in [0.05, 0.1) is 19.7 Å². The lowest BCUT2D eigenvalue weighted by Gasteiger charge is -2.34. The van der Waals surface area contributed by atoms with E-state index in [4.69, 9.17) is 15.6 Å². The molecule has 5 nitrogen and oxygen atoms in total. The van der Waals surface area contributed by atoms with Crippen LogP contribution in [0.25, 0.3) is 0 Å². The first-order valence-electron chi connectivity index (χ1n) is 5.74. The number of carbonyl (C=O) groups is 1. The molecule has 0 aliphatic carbocycles. The molecule has 1 rings (SSSR count). The molecule has 0 spiro atoms. The topological polar surface area (TPSA) is 77.0 Å². The lowest BCUT2D eigenvalue weighted by atomic mass is 9.90. The van der Waals surface area contributed by atoms with Gasteiger partial charge < -0.3 is 15.6 Å². The summed E-state index contributed by atoms with van der Waals surface area (Å²) in [6.45, 7) is 6.81. The van der Waals surface area contributed by atoms with Crippen molar-refractivity contribution in [2.75, 3.05) is 19.7 Å². The number of alkyl carbamates (subject to hydrolysis) is 2. The molecule has 1 saturated heterocycles. The molecule has 0 aromatic heterocycles. The van der Waals surface area contributed by atoms with Gasteiger partial charge in [-0.1, -0.05) is 0 Å². The van der Waals surface area contributed by atoms with Crippen molar-refractivity contribution < 1.29 is 19.5 Å². The minimum absolute atomic E-state index is 0.0192. The van der Waals surface area contributed by atoms with E-state index in [-0.39, 0.29) is 12.7 Å². The zero-order chi connectivity index (χ0) is 12.4. The average Bonchev–Trinajstić information content (AvgIpc) is 2.16.